The van der Waals surface area contributed by atoms with Crippen LogP contribution in [0.4, 0.5) is 4.39 Å². The van der Waals surface area contributed by atoms with Crippen molar-refractivity contribution in [2.24, 2.45) is 0 Å². The van der Waals surface area contributed by atoms with Crippen LogP contribution in [0, 0.1) is 5.82 Å². The molecule has 0 N–H and O–H groups in total. The molecule has 0 saturated carbocycles. The number of ether oxygens (including phenoxy) is 1. The van der Waals surface area contributed by atoms with Crippen molar-refractivity contribution in [1.82, 2.24) is 0 Å². The van der Waals surface area contributed by atoms with Gasteiger partial charge in [-0.1, -0.05) is 36.9 Å². The molecule has 0 radical (unpaired) electrons. The Balaban J connectivity index is 2.55. The normalized spacial score (nSPS) is 10.1. The molecule has 1 nitrogen and oxygen atoms in total. The van der Waals surface area contributed by atoms with E-state index >= 15 is 0 Å². The topological polar surface area (TPSA) is 9.23 Å². The summed E-state index contributed by atoms with van der Waals surface area (Å²) in [6.07, 6.45) is 1.72. The van der Waals surface area contributed by atoms with Crippen LogP contribution in [0.2, 0.25) is 0 Å². The molecule has 2 aromatic carbocycles. The van der Waals surface area contributed by atoms with E-state index in [-0.39, 0.29) is 5.82 Å². The quantitative estimate of drug-likeness (QED) is 0.765. The van der Waals surface area contributed by atoms with Crippen molar-refractivity contribution < 1.29 is 9.13 Å². The molecule has 0 bridgehead atoms. The third kappa shape index (κ3) is 2.43. The molecule has 0 aliphatic heterocycles. The standard InChI is InChI=1S/C16H15FO/c1-3-12-7-5-6-8-14(12)15-11-13(18-4-2)9-10-16(15)17/h3,5-11H,1,4H2,2H3. The maximum Gasteiger partial charge on any atom is 0.131 e. The maximum atomic E-state index is 13.9. The average molecular weight is 242 g/mol. The molecule has 0 aliphatic carbocycles. The van der Waals surface area contributed by atoms with Crippen LogP contribution >= 0.6 is 0 Å². The summed E-state index contributed by atoms with van der Waals surface area (Å²) in [4.78, 5) is 0. The molecule has 0 saturated heterocycles. The third-order valence-electron chi connectivity index (χ3n) is 2.72. The molecule has 0 spiro atoms. The molecule has 2 rings (SSSR count). The van der Waals surface area contributed by atoms with Crippen LogP contribution < -0.4 is 4.74 Å². The fraction of sp³-hybridized carbons (Fsp3) is 0.125. The fourth-order valence-electron chi connectivity index (χ4n) is 1.89. The Hall–Kier alpha value is -2.09. The van der Waals surface area contributed by atoms with Gasteiger partial charge in [0, 0.05) is 5.56 Å². The van der Waals surface area contributed by atoms with Crippen LogP contribution in [0.5, 0.6) is 5.75 Å². The zero-order chi connectivity index (χ0) is 13.0. The number of hydrogen-bond donors (Lipinski definition) is 0. The fourth-order valence-corrected chi connectivity index (χ4v) is 1.89. The predicted molar refractivity (Wildman–Crippen MR) is 73.1 cm³/mol. The van der Waals surface area contributed by atoms with Gasteiger partial charge in [0.2, 0.25) is 0 Å². The number of benzene rings is 2. The van der Waals surface area contributed by atoms with Crippen molar-refractivity contribution >= 4 is 6.08 Å². The van der Waals surface area contributed by atoms with Gasteiger partial charge < -0.3 is 4.74 Å². The molecule has 0 unspecified atom stereocenters. The van der Waals surface area contributed by atoms with Crippen molar-refractivity contribution in [3.05, 3.63) is 60.4 Å². The molecule has 0 heterocycles. The summed E-state index contributed by atoms with van der Waals surface area (Å²) < 4.78 is 19.3. The minimum atomic E-state index is -0.257. The van der Waals surface area contributed by atoms with E-state index in [0.717, 1.165) is 11.1 Å². The highest BCUT2D eigenvalue weighted by atomic mass is 19.1. The van der Waals surface area contributed by atoms with Gasteiger partial charge in [-0.3, -0.25) is 0 Å². The first-order valence-electron chi connectivity index (χ1n) is 5.90. The van der Waals surface area contributed by atoms with E-state index in [1.807, 2.05) is 31.2 Å². The van der Waals surface area contributed by atoms with Crippen LogP contribution in [0.1, 0.15) is 12.5 Å². The van der Waals surface area contributed by atoms with Crippen LogP contribution in [0.3, 0.4) is 0 Å². The van der Waals surface area contributed by atoms with Gasteiger partial charge >= 0.3 is 0 Å². The summed E-state index contributed by atoms with van der Waals surface area (Å²) in [5.74, 6) is 0.417. The van der Waals surface area contributed by atoms with Crippen LogP contribution in [-0.2, 0) is 0 Å². The van der Waals surface area contributed by atoms with Gasteiger partial charge in [-0.25, -0.2) is 4.39 Å². The third-order valence-corrected chi connectivity index (χ3v) is 2.72. The first-order valence-corrected chi connectivity index (χ1v) is 5.90. The highest BCUT2D eigenvalue weighted by Crippen LogP contribution is 2.30. The second-order valence-corrected chi connectivity index (χ2v) is 3.87. The zero-order valence-corrected chi connectivity index (χ0v) is 10.3. The minimum Gasteiger partial charge on any atom is -0.494 e. The number of halogens is 1. The van der Waals surface area contributed by atoms with Crippen molar-refractivity contribution in [3.8, 4) is 16.9 Å². The molecule has 0 fully saturated rings. The lowest BCUT2D eigenvalue weighted by molar-refractivity contribution is 0.340. The molecule has 92 valence electrons. The molecule has 0 amide bonds. The summed E-state index contributed by atoms with van der Waals surface area (Å²) in [7, 11) is 0. The smallest absolute Gasteiger partial charge is 0.131 e. The molecule has 0 atom stereocenters. The second kappa shape index (κ2) is 5.50. The molecule has 2 heteroatoms. The van der Waals surface area contributed by atoms with E-state index in [1.165, 1.54) is 6.07 Å². The summed E-state index contributed by atoms with van der Waals surface area (Å²) in [6.45, 7) is 6.22. The lowest BCUT2D eigenvalue weighted by atomic mass is 9.99. The van der Waals surface area contributed by atoms with Gasteiger partial charge in [-0.15, -0.1) is 0 Å². The minimum absolute atomic E-state index is 0.257. The van der Waals surface area contributed by atoms with Gasteiger partial charge in [0.25, 0.3) is 0 Å². The van der Waals surface area contributed by atoms with Gasteiger partial charge in [0.1, 0.15) is 11.6 Å². The summed E-state index contributed by atoms with van der Waals surface area (Å²) in [5, 5.41) is 0. The average Bonchev–Trinajstić information content (AvgIpc) is 2.41. The van der Waals surface area contributed by atoms with E-state index in [2.05, 4.69) is 6.58 Å². The molecular formula is C16H15FO. The lowest BCUT2D eigenvalue weighted by Gasteiger charge is -2.10. The number of rotatable bonds is 4. The maximum absolute atomic E-state index is 13.9. The molecule has 0 aromatic heterocycles. The Morgan fingerprint density at radius 3 is 2.67 bits per heavy atom. The van der Waals surface area contributed by atoms with Gasteiger partial charge in [-0.05, 0) is 36.2 Å². The SMILES string of the molecule is C=Cc1ccccc1-c1cc(OCC)ccc1F. The zero-order valence-electron chi connectivity index (χ0n) is 10.3. The summed E-state index contributed by atoms with van der Waals surface area (Å²) in [6, 6.07) is 12.4. The van der Waals surface area contributed by atoms with Gasteiger partial charge in [0.05, 0.1) is 6.61 Å². The molecule has 18 heavy (non-hydrogen) atoms. The Kier molecular flexibility index (Phi) is 3.78. The van der Waals surface area contributed by atoms with Crippen LogP contribution in [0.15, 0.2) is 49.0 Å². The monoisotopic (exact) mass is 242 g/mol. The summed E-state index contributed by atoms with van der Waals surface area (Å²) in [5.41, 5.74) is 2.27. The van der Waals surface area contributed by atoms with E-state index in [9.17, 15) is 4.39 Å². The molecule has 0 aliphatic rings. The van der Waals surface area contributed by atoms with E-state index in [1.54, 1.807) is 18.2 Å². The van der Waals surface area contributed by atoms with Crippen molar-refractivity contribution in [2.75, 3.05) is 6.61 Å². The second-order valence-electron chi connectivity index (χ2n) is 3.87. The lowest BCUT2D eigenvalue weighted by Crippen LogP contribution is -1.94. The first kappa shape index (κ1) is 12.4. The van der Waals surface area contributed by atoms with Crippen molar-refractivity contribution in [3.63, 3.8) is 0 Å². The van der Waals surface area contributed by atoms with E-state index in [4.69, 9.17) is 4.74 Å². The van der Waals surface area contributed by atoms with Crippen molar-refractivity contribution in [1.29, 1.82) is 0 Å². The van der Waals surface area contributed by atoms with E-state index in [0.29, 0.717) is 17.9 Å². The largest absolute Gasteiger partial charge is 0.494 e. The number of hydrogen-bond acceptors (Lipinski definition) is 1. The Morgan fingerprint density at radius 1 is 1.17 bits per heavy atom. The van der Waals surface area contributed by atoms with Gasteiger partial charge in [-0.2, -0.15) is 0 Å². The Bertz CT molecular complexity index is 561. The summed E-state index contributed by atoms with van der Waals surface area (Å²) >= 11 is 0. The van der Waals surface area contributed by atoms with E-state index < -0.39 is 0 Å². The Labute approximate surface area is 107 Å². The van der Waals surface area contributed by atoms with Gasteiger partial charge in [0.15, 0.2) is 0 Å². The highest BCUT2D eigenvalue weighted by Gasteiger charge is 2.09. The first-order chi connectivity index (χ1) is 8.76. The molecular weight excluding hydrogens is 227 g/mol. The van der Waals surface area contributed by atoms with Crippen LogP contribution in [-0.4, -0.2) is 6.61 Å². The van der Waals surface area contributed by atoms with Crippen LogP contribution in [0.25, 0.3) is 17.2 Å². The molecule has 2 aromatic rings. The van der Waals surface area contributed by atoms with Crippen molar-refractivity contribution in [2.45, 2.75) is 6.92 Å². The Morgan fingerprint density at radius 2 is 1.94 bits per heavy atom. The highest BCUT2D eigenvalue weighted by molar-refractivity contribution is 5.75. The predicted octanol–water partition coefficient (Wildman–Crippen LogP) is 4.53.